The van der Waals surface area contributed by atoms with Gasteiger partial charge in [-0.3, -0.25) is 0 Å². The van der Waals surface area contributed by atoms with Crippen molar-refractivity contribution in [2.45, 2.75) is 57.6 Å². The van der Waals surface area contributed by atoms with Gasteiger partial charge in [0, 0.05) is 6.61 Å². The Balaban J connectivity index is 2.01. The minimum absolute atomic E-state index is 0.0186. The lowest BCUT2D eigenvalue weighted by atomic mass is 9.66. The molecule has 0 aromatic heterocycles. The Morgan fingerprint density at radius 3 is 1.82 bits per heavy atom. The van der Waals surface area contributed by atoms with Gasteiger partial charge < -0.3 is 14.6 Å². The molecule has 0 aliphatic heterocycles. The van der Waals surface area contributed by atoms with Gasteiger partial charge in [-0.2, -0.15) is 0 Å². The van der Waals surface area contributed by atoms with Crippen molar-refractivity contribution < 1.29 is 14.6 Å². The highest BCUT2D eigenvalue weighted by Crippen LogP contribution is 2.47. The first-order valence-corrected chi connectivity index (χ1v) is 12.3. The third-order valence-corrected chi connectivity index (χ3v) is 11.3. The van der Waals surface area contributed by atoms with Gasteiger partial charge in [0.1, 0.15) is 0 Å². The molecular weight excluding hydrogens is 364 g/mol. The smallest absolute Gasteiger partial charge is 0.261 e. The van der Waals surface area contributed by atoms with Gasteiger partial charge in [-0.1, -0.05) is 87.9 Å². The fourth-order valence-electron chi connectivity index (χ4n) is 4.67. The highest BCUT2D eigenvalue weighted by atomic mass is 28.4. The van der Waals surface area contributed by atoms with Crippen molar-refractivity contribution in [2.75, 3.05) is 13.2 Å². The number of rotatable bonds is 8. The van der Waals surface area contributed by atoms with Gasteiger partial charge in [0.05, 0.1) is 12.7 Å². The van der Waals surface area contributed by atoms with E-state index in [9.17, 15) is 10.2 Å². The highest BCUT2D eigenvalue weighted by Gasteiger charge is 2.52. The van der Waals surface area contributed by atoms with Crippen LogP contribution in [0.1, 0.15) is 46.5 Å². The number of hydrogen-bond acceptors (Lipinski definition) is 3. The average Bonchev–Trinajstić information content (AvgIpc) is 2.66. The summed E-state index contributed by atoms with van der Waals surface area (Å²) < 4.78 is 7.07. The lowest BCUT2D eigenvalue weighted by molar-refractivity contribution is -0.0185. The fraction of sp³-hybridized carbons (Fsp3) is 0.500. The van der Waals surface area contributed by atoms with Crippen LogP contribution < -0.4 is 10.4 Å². The van der Waals surface area contributed by atoms with E-state index >= 15 is 0 Å². The summed E-state index contributed by atoms with van der Waals surface area (Å²) in [4.78, 5) is 0. The van der Waals surface area contributed by atoms with Gasteiger partial charge in [0.25, 0.3) is 8.32 Å². The number of aliphatic hydroxyl groups excluding tert-OH is 2. The summed E-state index contributed by atoms with van der Waals surface area (Å²) in [6, 6.07) is 21.4. The Bertz CT molecular complexity index is 696. The largest absolute Gasteiger partial charge is 0.407 e. The molecule has 1 atom stereocenters. The van der Waals surface area contributed by atoms with Crippen molar-refractivity contribution >= 4 is 18.7 Å². The lowest BCUT2D eigenvalue weighted by Gasteiger charge is -2.49. The summed E-state index contributed by atoms with van der Waals surface area (Å²) in [5.74, 6) is 0. The van der Waals surface area contributed by atoms with Crippen LogP contribution in [0, 0.1) is 5.41 Å². The van der Waals surface area contributed by atoms with Crippen molar-refractivity contribution in [3.05, 3.63) is 60.7 Å². The Kier molecular flexibility index (Phi) is 6.45. The highest BCUT2D eigenvalue weighted by molar-refractivity contribution is 6.99. The van der Waals surface area contributed by atoms with Gasteiger partial charge in [-0.05, 0) is 40.1 Å². The van der Waals surface area contributed by atoms with Crippen molar-refractivity contribution in [3.63, 3.8) is 0 Å². The van der Waals surface area contributed by atoms with E-state index < -0.39 is 14.4 Å². The number of hydrogen-bond donors (Lipinski definition) is 2. The van der Waals surface area contributed by atoms with Crippen LogP contribution in [0.3, 0.4) is 0 Å². The fourth-order valence-corrected chi connectivity index (χ4v) is 9.35. The summed E-state index contributed by atoms with van der Waals surface area (Å²) in [6.45, 7) is 7.32. The Morgan fingerprint density at radius 1 is 0.964 bits per heavy atom. The predicted octanol–water partition coefficient (Wildman–Crippen LogP) is 3.48. The summed E-state index contributed by atoms with van der Waals surface area (Å²) in [7, 11) is -2.55. The predicted molar refractivity (Wildman–Crippen MR) is 118 cm³/mol. The Hall–Kier alpha value is -1.46. The van der Waals surface area contributed by atoms with Crippen LogP contribution in [0.25, 0.3) is 0 Å². The quantitative estimate of drug-likeness (QED) is 0.670. The molecule has 152 valence electrons. The Morgan fingerprint density at radius 2 is 1.46 bits per heavy atom. The number of benzene rings is 2. The third kappa shape index (κ3) is 4.11. The molecule has 2 aromatic rings. The molecule has 1 aliphatic carbocycles. The molecule has 1 fully saturated rings. The maximum Gasteiger partial charge on any atom is 0.261 e. The van der Waals surface area contributed by atoms with E-state index in [0.717, 1.165) is 12.8 Å². The summed E-state index contributed by atoms with van der Waals surface area (Å²) in [6.07, 6.45) is 3.23. The minimum atomic E-state index is -2.55. The molecule has 2 N–H and O–H groups in total. The summed E-state index contributed by atoms with van der Waals surface area (Å²) in [5.41, 5.74) is -0.0186. The van der Waals surface area contributed by atoms with E-state index in [2.05, 4.69) is 81.4 Å². The molecule has 1 aliphatic rings. The van der Waals surface area contributed by atoms with Crippen molar-refractivity contribution in [1.29, 1.82) is 0 Å². The maximum absolute atomic E-state index is 10.1. The monoisotopic (exact) mass is 398 g/mol. The summed E-state index contributed by atoms with van der Waals surface area (Å²) >= 11 is 0. The number of aliphatic hydroxyl groups is 2. The first-order valence-electron chi connectivity index (χ1n) is 10.4. The molecule has 1 unspecified atom stereocenters. The summed E-state index contributed by atoms with van der Waals surface area (Å²) in [5, 5.41) is 22.0. The van der Waals surface area contributed by atoms with Gasteiger partial charge in [-0.25, -0.2) is 0 Å². The zero-order chi connectivity index (χ0) is 20.3. The van der Waals surface area contributed by atoms with Crippen LogP contribution in [0.4, 0.5) is 0 Å². The molecule has 0 spiro atoms. The molecule has 28 heavy (non-hydrogen) atoms. The normalized spacial score (nSPS) is 17.8. The van der Waals surface area contributed by atoms with E-state index in [1.54, 1.807) is 0 Å². The van der Waals surface area contributed by atoms with Gasteiger partial charge >= 0.3 is 0 Å². The van der Waals surface area contributed by atoms with E-state index in [1.807, 2.05) is 0 Å². The first kappa shape index (κ1) is 21.3. The molecule has 0 saturated heterocycles. The van der Waals surface area contributed by atoms with Crippen LogP contribution in [0.5, 0.6) is 0 Å². The second-order valence-corrected chi connectivity index (χ2v) is 13.7. The molecule has 0 bridgehead atoms. The van der Waals surface area contributed by atoms with Crippen LogP contribution in [0.2, 0.25) is 5.04 Å². The molecule has 0 heterocycles. The van der Waals surface area contributed by atoms with Crippen LogP contribution in [0.15, 0.2) is 60.7 Å². The molecule has 1 saturated carbocycles. The van der Waals surface area contributed by atoms with Crippen molar-refractivity contribution in [2.24, 2.45) is 5.41 Å². The molecular formula is C24H34O3Si. The molecule has 0 amide bonds. The van der Waals surface area contributed by atoms with Crippen molar-refractivity contribution in [3.8, 4) is 0 Å². The standard InChI is InChI=1S/C24H34O3Si/c1-23(2,3)28(21-11-6-4-7-12-21,22-13-8-5-9-14-22)27-19-24(15-10-16-24)17-20(26)18-25/h4-9,11-14,20,25-26H,10,15-19H2,1-3H3. The molecule has 0 radical (unpaired) electrons. The molecule has 3 nitrogen and oxygen atoms in total. The third-order valence-electron chi connectivity index (χ3n) is 6.31. The van der Waals surface area contributed by atoms with Crippen LogP contribution in [-0.2, 0) is 4.43 Å². The molecule has 4 heteroatoms. The van der Waals surface area contributed by atoms with E-state index in [4.69, 9.17) is 4.43 Å². The topological polar surface area (TPSA) is 49.7 Å². The zero-order valence-corrected chi connectivity index (χ0v) is 18.4. The van der Waals surface area contributed by atoms with E-state index in [1.165, 1.54) is 16.8 Å². The van der Waals surface area contributed by atoms with E-state index in [0.29, 0.717) is 13.0 Å². The lowest BCUT2D eigenvalue weighted by Crippen LogP contribution is -2.67. The van der Waals surface area contributed by atoms with Crippen LogP contribution in [-0.4, -0.2) is 37.8 Å². The first-order chi connectivity index (χ1) is 13.3. The SMILES string of the molecule is CC(C)(C)[Si](OCC1(CC(O)CO)CCC1)(c1ccccc1)c1ccccc1. The van der Waals surface area contributed by atoms with Crippen molar-refractivity contribution in [1.82, 2.24) is 0 Å². The van der Waals surface area contributed by atoms with Gasteiger partial charge in [0.15, 0.2) is 0 Å². The average molecular weight is 399 g/mol. The van der Waals surface area contributed by atoms with E-state index in [-0.39, 0.29) is 17.1 Å². The second kappa shape index (κ2) is 8.50. The van der Waals surface area contributed by atoms with Gasteiger partial charge in [-0.15, -0.1) is 0 Å². The second-order valence-electron chi connectivity index (χ2n) is 9.35. The Labute approximate surface area is 170 Å². The molecule has 3 rings (SSSR count). The molecule has 2 aromatic carbocycles. The van der Waals surface area contributed by atoms with Gasteiger partial charge in [0.2, 0.25) is 0 Å². The minimum Gasteiger partial charge on any atom is -0.407 e. The zero-order valence-electron chi connectivity index (χ0n) is 17.4. The maximum atomic E-state index is 10.1. The van der Waals surface area contributed by atoms with Crippen LogP contribution >= 0.6 is 0 Å².